The first-order valence-electron chi connectivity index (χ1n) is 18.1. The molecule has 6 heteroatoms. The zero-order valence-electron chi connectivity index (χ0n) is 29.9. The molecule has 7 aromatic carbocycles. The van der Waals surface area contributed by atoms with E-state index in [4.69, 9.17) is 9.40 Å². The molecule has 56 heavy (non-hydrogen) atoms. The van der Waals surface area contributed by atoms with Gasteiger partial charge in [0.25, 0.3) is 0 Å². The van der Waals surface area contributed by atoms with E-state index in [1.165, 1.54) is 15.8 Å². The summed E-state index contributed by atoms with van der Waals surface area (Å²) in [5.41, 5.74) is 12.7. The van der Waals surface area contributed by atoms with Gasteiger partial charge in [-0.3, -0.25) is 16.3 Å². The van der Waals surface area contributed by atoms with E-state index in [0.29, 0.717) is 0 Å². The van der Waals surface area contributed by atoms with Crippen molar-refractivity contribution in [3.63, 3.8) is 0 Å². The maximum absolute atomic E-state index is 6.08. The van der Waals surface area contributed by atoms with Gasteiger partial charge in [-0.2, -0.15) is 0 Å². The molecule has 269 valence electrons. The van der Waals surface area contributed by atoms with Crippen LogP contribution in [0.15, 0.2) is 193 Å². The number of pyridine rings is 1. The molecule has 0 fully saturated rings. The number of thiophene rings is 1. The first-order chi connectivity index (χ1) is 27.3. The van der Waals surface area contributed by atoms with E-state index in [1.54, 1.807) is 17.5 Å². The molecule has 0 saturated carbocycles. The third kappa shape index (κ3) is 6.65. The number of para-hydroxylation sites is 3. The normalized spacial score (nSPS) is 11.1. The number of aromatic nitrogens is 3. The number of imidazole rings is 1. The Morgan fingerprint density at radius 2 is 1.25 bits per heavy atom. The molecule has 11 aromatic rings. The number of hydrogen-bond donors (Lipinski definition) is 0. The predicted octanol–water partition coefficient (Wildman–Crippen LogP) is 13.5. The van der Waals surface area contributed by atoms with Gasteiger partial charge < -0.3 is 14.0 Å². The molecular formula is C50H31IrN3OS-2. The molecule has 0 amide bonds. The summed E-state index contributed by atoms with van der Waals surface area (Å²) in [5.74, 6) is 0.897. The van der Waals surface area contributed by atoms with Crippen LogP contribution in [0.25, 0.3) is 93.6 Å². The molecule has 0 aliphatic rings. The van der Waals surface area contributed by atoms with Crippen LogP contribution in [-0.2, 0) is 20.1 Å². The Labute approximate surface area is 341 Å². The van der Waals surface area contributed by atoms with Gasteiger partial charge in [0.1, 0.15) is 11.2 Å². The van der Waals surface area contributed by atoms with Crippen LogP contribution in [-0.4, -0.2) is 14.5 Å². The summed E-state index contributed by atoms with van der Waals surface area (Å²) in [4.78, 5) is 9.38. The topological polar surface area (TPSA) is 43.9 Å². The van der Waals surface area contributed by atoms with Gasteiger partial charge in [-0.15, -0.1) is 41.3 Å². The van der Waals surface area contributed by atoms with E-state index >= 15 is 0 Å². The fraction of sp³-hybridized carbons (Fsp3) is 0. The number of nitrogens with zero attached hydrogens (tertiary/aromatic N) is 3. The zero-order chi connectivity index (χ0) is 36.6. The van der Waals surface area contributed by atoms with Crippen LogP contribution in [0.1, 0.15) is 0 Å². The zero-order valence-corrected chi connectivity index (χ0v) is 33.1. The van der Waals surface area contributed by atoms with Crippen molar-refractivity contribution < 1.29 is 24.5 Å². The van der Waals surface area contributed by atoms with Crippen LogP contribution >= 0.6 is 11.3 Å². The van der Waals surface area contributed by atoms with Crippen molar-refractivity contribution in [3.05, 3.63) is 200 Å². The summed E-state index contributed by atoms with van der Waals surface area (Å²) >= 11 is 1.64. The molecule has 0 saturated heterocycles. The molecule has 0 aliphatic carbocycles. The molecule has 0 spiro atoms. The molecule has 0 atom stereocenters. The third-order valence-electron chi connectivity index (χ3n) is 9.89. The summed E-state index contributed by atoms with van der Waals surface area (Å²) in [7, 11) is 0. The van der Waals surface area contributed by atoms with E-state index in [-0.39, 0.29) is 20.1 Å². The molecule has 1 radical (unpaired) electrons. The second-order valence-corrected chi connectivity index (χ2v) is 14.1. The maximum Gasteiger partial charge on any atom is 0.135 e. The average Bonchev–Trinajstić information content (AvgIpc) is 3.98. The van der Waals surface area contributed by atoms with E-state index in [9.17, 15) is 0 Å². The van der Waals surface area contributed by atoms with Gasteiger partial charge in [-0.1, -0.05) is 125 Å². The summed E-state index contributed by atoms with van der Waals surface area (Å²) in [6.45, 7) is 0. The molecule has 4 heterocycles. The van der Waals surface area contributed by atoms with Crippen LogP contribution in [0.2, 0.25) is 0 Å². The van der Waals surface area contributed by atoms with Crippen molar-refractivity contribution in [2.75, 3.05) is 0 Å². The number of fused-ring (bicyclic) bond motifs is 5. The van der Waals surface area contributed by atoms with Gasteiger partial charge in [-0.05, 0) is 76.5 Å². The quantitative estimate of drug-likeness (QED) is 0.162. The fourth-order valence-corrected chi connectivity index (χ4v) is 8.01. The van der Waals surface area contributed by atoms with Gasteiger partial charge >= 0.3 is 0 Å². The molecule has 0 unspecified atom stereocenters. The van der Waals surface area contributed by atoms with Crippen LogP contribution < -0.4 is 0 Å². The van der Waals surface area contributed by atoms with Gasteiger partial charge in [0.2, 0.25) is 0 Å². The SMILES string of the molecule is [Ir].[c-]1ccccc1-c1ccccn1.[c-]1sc2ccc(-c3ccc4oc5ccccc5c4c3)cc2c1-c1nc2ccccc2n1-c1ccc(-c2ccccc2)cc1. The smallest absolute Gasteiger partial charge is 0.135 e. The van der Waals surface area contributed by atoms with E-state index < -0.39 is 0 Å². The Bertz CT molecular complexity index is 3040. The number of benzene rings is 7. The van der Waals surface area contributed by atoms with Crippen LogP contribution in [0.4, 0.5) is 0 Å². The van der Waals surface area contributed by atoms with Gasteiger partial charge in [0.15, 0.2) is 0 Å². The minimum absolute atomic E-state index is 0. The number of hydrogen-bond acceptors (Lipinski definition) is 4. The van der Waals surface area contributed by atoms with Gasteiger partial charge in [0, 0.05) is 42.8 Å². The van der Waals surface area contributed by atoms with Crippen molar-refractivity contribution >= 4 is 54.4 Å². The Morgan fingerprint density at radius 1 is 0.554 bits per heavy atom. The molecular weight excluding hydrogens is 883 g/mol. The molecule has 0 aliphatic heterocycles. The van der Waals surface area contributed by atoms with E-state index in [1.807, 2.05) is 66.7 Å². The minimum atomic E-state index is 0. The van der Waals surface area contributed by atoms with Crippen LogP contribution in [0.5, 0.6) is 0 Å². The first-order valence-corrected chi connectivity index (χ1v) is 19.0. The summed E-state index contributed by atoms with van der Waals surface area (Å²) in [5, 5.41) is 7.03. The van der Waals surface area contributed by atoms with Crippen LogP contribution in [0, 0.1) is 11.4 Å². The summed E-state index contributed by atoms with van der Waals surface area (Å²) < 4.78 is 9.53. The number of furan rings is 1. The van der Waals surface area contributed by atoms with Gasteiger partial charge in [0.05, 0.1) is 16.9 Å². The second kappa shape index (κ2) is 15.4. The summed E-state index contributed by atoms with van der Waals surface area (Å²) in [6, 6.07) is 65.8. The minimum Gasteiger partial charge on any atom is -0.456 e. The molecule has 0 bridgehead atoms. The predicted molar refractivity (Wildman–Crippen MR) is 227 cm³/mol. The van der Waals surface area contributed by atoms with Gasteiger partial charge in [-0.25, -0.2) is 0 Å². The second-order valence-electron chi connectivity index (χ2n) is 13.3. The number of rotatable bonds is 5. The Morgan fingerprint density at radius 3 is 2.07 bits per heavy atom. The van der Waals surface area contributed by atoms with Crippen molar-refractivity contribution in [2.24, 2.45) is 0 Å². The van der Waals surface area contributed by atoms with Crippen molar-refractivity contribution in [1.82, 2.24) is 14.5 Å². The summed E-state index contributed by atoms with van der Waals surface area (Å²) in [6.07, 6.45) is 1.79. The Hall–Kier alpha value is -6.43. The average molecular weight is 914 g/mol. The Kier molecular flexibility index (Phi) is 9.68. The Balaban J connectivity index is 0.000000270. The van der Waals surface area contributed by atoms with Crippen molar-refractivity contribution in [2.45, 2.75) is 0 Å². The van der Waals surface area contributed by atoms with Crippen LogP contribution in [0.3, 0.4) is 0 Å². The molecule has 4 aromatic heterocycles. The molecule has 0 N–H and O–H groups in total. The van der Waals surface area contributed by atoms with Crippen molar-refractivity contribution in [1.29, 1.82) is 0 Å². The monoisotopic (exact) mass is 914 g/mol. The maximum atomic E-state index is 6.08. The molecule has 4 nitrogen and oxygen atoms in total. The largest absolute Gasteiger partial charge is 0.456 e. The molecule has 11 rings (SSSR count). The van der Waals surface area contributed by atoms with E-state index in [0.717, 1.165) is 77.8 Å². The first kappa shape index (κ1) is 35.3. The van der Waals surface area contributed by atoms with Crippen molar-refractivity contribution in [3.8, 4) is 50.6 Å². The fourth-order valence-electron chi connectivity index (χ4n) is 7.19. The van der Waals surface area contributed by atoms with E-state index in [2.05, 4.69) is 136 Å². The standard InChI is InChI=1S/C39H23N2OS.C11H8N.Ir/c1-2-8-25(9-3-1)26-14-18-29(19-15-26)41-35-12-6-5-11-34(35)40-39(41)33-24-43-38-21-17-28(23-32(33)38)27-16-20-37-31(22-27)30-10-4-7-13-36(30)42-37;1-2-6-10(7-3-1)11-8-4-5-9-12-11;/h1-23H;1-6,8-9H;/q2*-1;. The third-order valence-corrected chi connectivity index (χ3v) is 10.8.